The zero-order valence-electron chi connectivity index (χ0n) is 11.2. The van der Waals surface area contributed by atoms with Crippen molar-refractivity contribution in [1.29, 1.82) is 0 Å². The van der Waals surface area contributed by atoms with Gasteiger partial charge in [0, 0.05) is 6.54 Å². The van der Waals surface area contributed by atoms with Gasteiger partial charge in [-0.3, -0.25) is 0 Å². The molecular weight excluding hydrogens is 226 g/mol. The Hall–Kier alpha value is -1.06. The molecule has 1 aliphatic heterocycles. The van der Waals surface area contributed by atoms with Gasteiger partial charge >= 0.3 is 0 Å². The number of hydrogen-bond acceptors (Lipinski definition) is 3. The van der Waals surface area contributed by atoms with E-state index in [2.05, 4.69) is 24.0 Å². The number of rotatable bonds is 7. The van der Waals surface area contributed by atoms with E-state index in [1.165, 1.54) is 31.5 Å². The zero-order chi connectivity index (χ0) is 12.6. The number of likely N-dealkylation sites (tertiary alicyclic amines) is 1. The van der Waals surface area contributed by atoms with Gasteiger partial charge in [0.1, 0.15) is 12.4 Å². The summed E-state index contributed by atoms with van der Waals surface area (Å²) in [5, 5.41) is 0. The second-order valence-electron chi connectivity index (χ2n) is 4.82. The van der Waals surface area contributed by atoms with Crippen LogP contribution in [0.3, 0.4) is 0 Å². The lowest BCUT2D eigenvalue weighted by Crippen LogP contribution is -2.24. The largest absolute Gasteiger partial charge is 0.491 e. The average Bonchev–Trinajstić information content (AvgIpc) is 2.89. The molecule has 0 spiro atoms. The van der Waals surface area contributed by atoms with Gasteiger partial charge in [-0.15, -0.1) is 0 Å². The number of ether oxygens (including phenoxy) is 2. The summed E-state index contributed by atoms with van der Waals surface area (Å²) >= 11 is 0. The maximum absolute atomic E-state index is 5.59. The molecule has 0 atom stereocenters. The van der Waals surface area contributed by atoms with Gasteiger partial charge in [-0.05, 0) is 45.0 Å². The fourth-order valence-electron chi connectivity index (χ4n) is 2.15. The number of aryl methyl sites for hydroxylation is 1. The predicted octanol–water partition coefficient (Wildman–Crippen LogP) is 2.49. The van der Waals surface area contributed by atoms with Gasteiger partial charge in [0.25, 0.3) is 0 Å². The Morgan fingerprint density at radius 2 is 1.72 bits per heavy atom. The summed E-state index contributed by atoms with van der Waals surface area (Å²) in [6.07, 6.45) is 2.69. The molecule has 1 saturated heterocycles. The highest BCUT2D eigenvalue weighted by molar-refractivity contribution is 5.26. The van der Waals surface area contributed by atoms with Crippen LogP contribution in [0, 0.1) is 6.92 Å². The molecule has 0 bridgehead atoms. The van der Waals surface area contributed by atoms with Crippen molar-refractivity contribution in [2.45, 2.75) is 19.8 Å². The SMILES string of the molecule is Cc1ccc(OCCOCCN2CCCC2)cc1. The molecular formula is C15H23NO2. The van der Waals surface area contributed by atoms with Crippen LogP contribution in [0.15, 0.2) is 24.3 Å². The van der Waals surface area contributed by atoms with Gasteiger partial charge in [0.2, 0.25) is 0 Å². The number of nitrogens with zero attached hydrogens (tertiary/aromatic N) is 1. The molecule has 0 unspecified atom stereocenters. The Balaban J connectivity index is 1.49. The first-order valence-electron chi connectivity index (χ1n) is 6.84. The predicted molar refractivity (Wildman–Crippen MR) is 73.2 cm³/mol. The minimum Gasteiger partial charge on any atom is -0.491 e. The normalized spacial score (nSPS) is 16.1. The Morgan fingerprint density at radius 3 is 2.44 bits per heavy atom. The van der Waals surface area contributed by atoms with E-state index in [0.717, 1.165) is 18.9 Å². The Bertz CT molecular complexity index is 331. The summed E-state index contributed by atoms with van der Waals surface area (Å²) in [6, 6.07) is 8.12. The van der Waals surface area contributed by atoms with Gasteiger partial charge < -0.3 is 14.4 Å². The van der Waals surface area contributed by atoms with Crippen LogP contribution >= 0.6 is 0 Å². The van der Waals surface area contributed by atoms with E-state index in [0.29, 0.717) is 13.2 Å². The van der Waals surface area contributed by atoms with Crippen molar-refractivity contribution in [2.75, 3.05) is 39.5 Å². The van der Waals surface area contributed by atoms with Crippen molar-refractivity contribution in [3.05, 3.63) is 29.8 Å². The van der Waals surface area contributed by atoms with Crippen LogP contribution in [-0.2, 0) is 4.74 Å². The minimum atomic E-state index is 0.628. The lowest BCUT2D eigenvalue weighted by atomic mass is 10.2. The highest BCUT2D eigenvalue weighted by atomic mass is 16.5. The summed E-state index contributed by atoms with van der Waals surface area (Å²) in [6.45, 7) is 7.73. The van der Waals surface area contributed by atoms with Gasteiger partial charge in [0.05, 0.1) is 13.2 Å². The van der Waals surface area contributed by atoms with Crippen LogP contribution in [0.25, 0.3) is 0 Å². The summed E-state index contributed by atoms with van der Waals surface area (Å²) < 4.78 is 11.2. The lowest BCUT2D eigenvalue weighted by molar-refractivity contribution is 0.0846. The molecule has 0 saturated carbocycles. The number of benzene rings is 1. The van der Waals surface area contributed by atoms with Crippen molar-refractivity contribution in [1.82, 2.24) is 4.90 Å². The van der Waals surface area contributed by atoms with Crippen molar-refractivity contribution in [3.63, 3.8) is 0 Å². The molecule has 0 aliphatic carbocycles. The first kappa shape index (κ1) is 13.4. The zero-order valence-corrected chi connectivity index (χ0v) is 11.2. The molecule has 1 heterocycles. The van der Waals surface area contributed by atoms with Crippen LogP contribution in [0.5, 0.6) is 5.75 Å². The van der Waals surface area contributed by atoms with Crippen molar-refractivity contribution >= 4 is 0 Å². The molecule has 0 N–H and O–H groups in total. The summed E-state index contributed by atoms with van der Waals surface area (Å²) in [4.78, 5) is 2.46. The van der Waals surface area contributed by atoms with Crippen molar-refractivity contribution in [2.24, 2.45) is 0 Å². The molecule has 100 valence electrons. The van der Waals surface area contributed by atoms with E-state index >= 15 is 0 Å². The maximum atomic E-state index is 5.59. The topological polar surface area (TPSA) is 21.7 Å². The second kappa shape index (κ2) is 7.39. The van der Waals surface area contributed by atoms with E-state index in [-0.39, 0.29) is 0 Å². The molecule has 2 rings (SSSR count). The van der Waals surface area contributed by atoms with Gasteiger partial charge in [-0.1, -0.05) is 17.7 Å². The molecule has 0 aromatic heterocycles. The van der Waals surface area contributed by atoms with Crippen LogP contribution in [0.4, 0.5) is 0 Å². The highest BCUT2D eigenvalue weighted by Crippen LogP contribution is 2.11. The fraction of sp³-hybridized carbons (Fsp3) is 0.600. The molecule has 0 radical (unpaired) electrons. The third-order valence-electron chi connectivity index (χ3n) is 3.27. The maximum Gasteiger partial charge on any atom is 0.119 e. The third kappa shape index (κ3) is 4.67. The molecule has 3 nitrogen and oxygen atoms in total. The number of hydrogen-bond donors (Lipinski definition) is 0. The lowest BCUT2D eigenvalue weighted by Gasteiger charge is -2.14. The Labute approximate surface area is 110 Å². The molecule has 18 heavy (non-hydrogen) atoms. The Morgan fingerprint density at radius 1 is 1.00 bits per heavy atom. The first-order chi connectivity index (χ1) is 8.84. The first-order valence-corrected chi connectivity index (χ1v) is 6.84. The molecule has 1 aromatic rings. The van der Waals surface area contributed by atoms with Gasteiger partial charge in [-0.25, -0.2) is 0 Å². The molecule has 1 aliphatic rings. The average molecular weight is 249 g/mol. The van der Waals surface area contributed by atoms with Crippen LogP contribution in [0.2, 0.25) is 0 Å². The second-order valence-corrected chi connectivity index (χ2v) is 4.82. The fourth-order valence-corrected chi connectivity index (χ4v) is 2.15. The van der Waals surface area contributed by atoms with Gasteiger partial charge in [-0.2, -0.15) is 0 Å². The smallest absolute Gasteiger partial charge is 0.119 e. The molecule has 3 heteroatoms. The Kier molecular flexibility index (Phi) is 5.49. The van der Waals surface area contributed by atoms with Gasteiger partial charge in [0.15, 0.2) is 0 Å². The third-order valence-corrected chi connectivity index (χ3v) is 3.27. The monoisotopic (exact) mass is 249 g/mol. The molecule has 1 fully saturated rings. The summed E-state index contributed by atoms with van der Waals surface area (Å²) in [7, 11) is 0. The standard InChI is InChI=1S/C15H23NO2/c1-14-4-6-15(7-5-14)18-13-12-17-11-10-16-8-2-3-9-16/h4-7H,2-3,8-13H2,1H3. The van der Waals surface area contributed by atoms with E-state index in [4.69, 9.17) is 9.47 Å². The van der Waals surface area contributed by atoms with Crippen LogP contribution in [0.1, 0.15) is 18.4 Å². The van der Waals surface area contributed by atoms with Crippen LogP contribution in [-0.4, -0.2) is 44.4 Å². The molecule has 1 aromatic carbocycles. The molecule has 0 amide bonds. The summed E-state index contributed by atoms with van der Waals surface area (Å²) in [5.41, 5.74) is 1.25. The highest BCUT2D eigenvalue weighted by Gasteiger charge is 2.10. The van der Waals surface area contributed by atoms with Crippen molar-refractivity contribution in [3.8, 4) is 5.75 Å². The van der Waals surface area contributed by atoms with E-state index < -0.39 is 0 Å². The van der Waals surface area contributed by atoms with Crippen LogP contribution < -0.4 is 4.74 Å². The minimum absolute atomic E-state index is 0.628. The quantitative estimate of drug-likeness (QED) is 0.693. The van der Waals surface area contributed by atoms with Crippen molar-refractivity contribution < 1.29 is 9.47 Å². The summed E-state index contributed by atoms with van der Waals surface area (Å²) in [5.74, 6) is 0.920. The van der Waals surface area contributed by atoms with E-state index in [9.17, 15) is 0 Å². The van der Waals surface area contributed by atoms with E-state index in [1.807, 2.05) is 12.1 Å². The van der Waals surface area contributed by atoms with E-state index in [1.54, 1.807) is 0 Å².